The van der Waals surface area contributed by atoms with Crippen LogP contribution in [0.15, 0.2) is 18.3 Å². The lowest BCUT2D eigenvalue weighted by molar-refractivity contribution is 0.484. The number of hydrogen-bond donors (Lipinski definition) is 1. The second-order valence-corrected chi connectivity index (χ2v) is 5.03. The SMILES string of the molecule is CCNCc1ccc(N(CC)CC(CC)CC)nc1. The summed E-state index contributed by atoms with van der Waals surface area (Å²) in [6.45, 7) is 12.9. The van der Waals surface area contributed by atoms with Gasteiger partial charge in [0, 0.05) is 25.8 Å². The van der Waals surface area contributed by atoms with Crippen molar-refractivity contribution < 1.29 is 0 Å². The molecule has 3 heteroatoms. The van der Waals surface area contributed by atoms with Gasteiger partial charge in [0.1, 0.15) is 5.82 Å². The highest BCUT2D eigenvalue weighted by Crippen LogP contribution is 2.16. The molecule has 0 amide bonds. The van der Waals surface area contributed by atoms with E-state index in [9.17, 15) is 0 Å². The van der Waals surface area contributed by atoms with E-state index in [1.165, 1.54) is 18.4 Å². The first-order chi connectivity index (χ1) is 9.24. The van der Waals surface area contributed by atoms with Crippen molar-refractivity contribution in [2.45, 2.75) is 47.1 Å². The van der Waals surface area contributed by atoms with Crippen molar-refractivity contribution in [1.29, 1.82) is 0 Å². The van der Waals surface area contributed by atoms with Gasteiger partial charge in [0.05, 0.1) is 0 Å². The highest BCUT2D eigenvalue weighted by molar-refractivity contribution is 5.39. The molecule has 0 saturated carbocycles. The average Bonchev–Trinajstić information content (AvgIpc) is 2.47. The molecule has 0 atom stereocenters. The summed E-state index contributed by atoms with van der Waals surface area (Å²) >= 11 is 0. The molecule has 0 saturated heterocycles. The molecule has 3 nitrogen and oxygen atoms in total. The molecule has 108 valence electrons. The molecular formula is C16H29N3. The number of anilines is 1. The fourth-order valence-corrected chi connectivity index (χ4v) is 2.22. The summed E-state index contributed by atoms with van der Waals surface area (Å²) < 4.78 is 0. The van der Waals surface area contributed by atoms with Crippen LogP contribution in [-0.2, 0) is 6.54 Å². The highest BCUT2D eigenvalue weighted by Gasteiger charge is 2.11. The summed E-state index contributed by atoms with van der Waals surface area (Å²) in [6, 6.07) is 4.33. The monoisotopic (exact) mass is 263 g/mol. The Balaban J connectivity index is 2.65. The van der Waals surface area contributed by atoms with Gasteiger partial charge in [0.2, 0.25) is 0 Å². The minimum atomic E-state index is 0.767. The topological polar surface area (TPSA) is 28.2 Å². The van der Waals surface area contributed by atoms with Gasteiger partial charge in [-0.3, -0.25) is 0 Å². The largest absolute Gasteiger partial charge is 0.357 e. The Bertz CT molecular complexity index is 330. The molecule has 1 heterocycles. The van der Waals surface area contributed by atoms with Crippen LogP contribution in [0.25, 0.3) is 0 Å². The van der Waals surface area contributed by atoms with Crippen LogP contribution in [0.3, 0.4) is 0 Å². The maximum absolute atomic E-state index is 4.61. The van der Waals surface area contributed by atoms with Crippen molar-refractivity contribution >= 4 is 5.82 Å². The molecule has 1 aromatic rings. The van der Waals surface area contributed by atoms with Crippen molar-refractivity contribution in [3.05, 3.63) is 23.9 Å². The van der Waals surface area contributed by atoms with E-state index in [4.69, 9.17) is 0 Å². The van der Waals surface area contributed by atoms with Gasteiger partial charge in [-0.05, 0) is 31.0 Å². The number of nitrogens with zero attached hydrogens (tertiary/aromatic N) is 2. The Morgan fingerprint density at radius 3 is 2.37 bits per heavy atom. The average molecular weight is 263 g/mol. The lowest BCUT2D eigenvalue weighted by Gasteiger charge is -2.26. The van der Waals surface area contributed by atoms with Crippen LogP contribution >= 0.6 is 0 Å². The zero-order valence-electron chi connectivity index (χ0n) is 12.9. The number of hydrogen-bond acceptors (Lipinski definition) is 3. The summed E-state index contributed by atoms with van der Waals surface area (Å²) in [5.41, 5.74) is 1.25. The first kappa shape index (κ1) is 16.0. The number of pyridine rings is 1. The van der Waals surface area contributed by atoms with Crippen LogP contribution in [-0.4, -0.2) is 24.6 Å². The third-order valence-electron chi connectivity index (χ3n) is 3.73. The van der Waals surface area contributed by atoms with Crippen LogP contribution in [0, 0.1) is 5.92 Å². The number of rotatable bonds is 9. The molecule has 0 aliphatic carbocycles. The summed E-state index contributed by atoms with van der Waals surface area (Å²) in [5, 5.41) is 3.32. The van der Waals surface area contributed by atoms with Gasteiger partial charge < -0.3 is 10.2 Å². The van der Waals surface area contributed by atoms with E-state index in [-0.39, 0.29) is 0 Å². The van der Waals surface area contributed by atoms with Crippen molar-refractivity contribution in [2.75, 3.05) is 24.5 Å². The molecule has 0 aliphatic heterocycles. The molecule has 0 spiro atoms. The van der Waals surface area contributed by atoms with Crippen molar-refractivity contribution in [3.63, 3.8) is 0 Å². The molecule has 0 aliphatic rings. The van der Waals surface area contributed by atoms with Crippen molar-refractivity contribution in [2.24, 2.45) is 5.92 Å². The zero-order valence-corrected chi connectivity index (χ0v) is 12.9. The van der Waals surface area contributed by atoms with Gasteiger partial charge in [-0.25, -0.2) is 4.98 Å². The van der Waals surface area contributed by atoms with E-state index in [1.807, 2.05) is 6.20 Å². The molecule has 1 rings (SSSR count). The Morgan fingerprint density at radius 1 is 1.16 bits per heavy atom. The lowest BCUT2D eigenvalue weighted by atomic mass is 10.0. The molecule has 1 aromatic heterocycles. The fourth-order valence-electron chi connectivity index (χ4n) is 2.22. The van der Waals surface area contributed by atoms with E-state index in [2.05, 4.69) is 55.0 Å². The van der Waals surface area contributed by atoms with Gasteiger partial charge in [0.15, 0.2) is 0 Å². The maximum Gasteiger partial charge on any atom is 0.128 e. The van der Waals surface area contributed by atoms with Crippen LogP contribution in [0.4, 0.5) is 5.82 Å². The molecule has 1 N–H and O–H groups in total. The van der Waals surface area contributed by atoms with Gasteiger partial charge in [-0.2, -0.15) is 0 Å². The first-order valence-electron chi connectivity index (χ1n) is 7.65. The predicted octanol–water partition coefficient (Wildman–Crippen LogP) is 3.45. The lowest BCUT2D eigenvalue weighted by Crippen LogP contribution is -2.29. The van der Waals surface area contributed by atoms with E-state index >= 15 is 0 Å². The zero-order chi connectivity index (χ0) is 14.1. The molecule has 0 bridgehead atoms. The van der Waals surface area contributed by atoms with Crippen LogP contribution < -0.4 is 10.2 Å². The van der Waals surface area contributed by atoms with Crippen molar-refractivity contribution in [3.8, 4) is 0 Å². The van der Waals surface area contributed by atoms with Crippen molar-refractivity contribution in [1.82, 2.24) is 10.3 Å². The quantitative estimate of drug-likeness (QED) is 0.739. The Kier molecular flexibility index (Phi) is 7.49. The standard InChI is InChI=1S/C16H29N3/c1-5-14(6-2)13-19(8-4)16-10-9-15(12-18-16)11-17-7-3/h9-10,12,14,17H,5-8,11,13H2,1-4H3. The van der Waals surface area contributed by atoms with E-state index in [0.717, 1.165) is 37.9 Å². The molecule has 0 radical (unpaired) electrons. The van der Waals surface area contributed by atoms with E-state index in [0.29, 0.717) is 0 Å². The summed E-state index contributed by atoms with van der Waals surface area (Å²) in [6.07, 6.45) is 4.48. The Morgan fingerprint density at radius 2 is 1.89 bits per heavy atom. The predicted molar refractivity (Wildman–Crippen MR) is 83.6 cm³/mol. The fraction of sp³-hybridized carbons (Fsp3) is 0.688. The highest BCUT2D eigenvalue weighted by atomic mass is 15.2. The third-order valence-corrected chi connectivity index (χ3v) is 3.73. The molecule has 0 aromatic carbocycles. The van der Waals surface area contributed by atoms with Gasteiger partial charge in [0.25, 0.3) is 0 Å². The smallest absolute Gasteiger partial charge is 0.128 e. The first-order valence-corrected chi connectivity index (χ1v) is 7.65. The Hall–Kier alpha value is -1.09. The van der Waals surface area contributed by atoms with Gasteiger partial charge >= 0.3 is 0 Å². The minimum Gasteiger partial charge on any atom is -0.357 e. The second kappa shape index (κ2) is 8.92. The van der Waals surface area contributed by atoms with E-state index < -0.39 is 0 Å². The normalized spacial score (nSPS) is 11.0. The molecule has 19 heavy (non-hydrogen) atoms. The summed E-state index contributed by atoms with van der Waals surface area (Å²) in [5.74, 6) is 1.87. The molecule has 0 fully saturated rings. The van der Waals surface area contributed by atoms with Crippen LogP contribution in [0.5, 0.6) is 0 Å². The number of nitrogens with one attached hydrogen (secondary N) is 1. The Labute approximate surface area is 118 Å². The summed E-state index contributed by atoms with van der Waals surface area (Å²) in [7, 11) is 0. The van der Waals surface area contributed by atoms with Crippen LogP contribution in [0.2, 0.25) is 0 Å². The number of aromatic nitrogens is 1. The minimum absolute atomic E-state index is 0.767. The third kappa shape index (κ3) is 5.19. The summed E-state index contributed by atoms with van der Waals surface area (Å²) in [4.78, 5) is 6.99. The van der Waals surface area contributed by atoms with Gasteiger partial charge in [-0.15, -0.1) is 0 Å². The maximum atomic E-state index is 4.61. The van der Waals surface area contributed by atoms with Crippen LogP contribution in [0.1, 0.15) is 46.1 Å². The molecular weight excluding hydrogens is 234 g/mol. The second-order valence-electron chi connectivity index (χ2n) is 5.03. The van der Waals surface area contributed by atoms with E-state index in [1.54, 1.807) is 0 Å². The molecule has 0 unspecified atom stereocenters. The van der Waals surface area contributed by atoms with Gasteiger partial charge in [-0.1, -0.05) is 39.7 Å².